The second kappa shape index (κ2) is 16.2. The third-order valence-electron chi connectivity index (χ3n) is 6.39. The minimum absolute atomic E-state index is 1.08. The number of aromatic nitrogens is 2. The van der Waals surface area contributed by atoms with Crippen molar-refractivity contribution >= 4 is 0 Å². The van der Waals surface area contributed by atoms with Gasteiger partial charge in [0.2, 0.25) is 0 Å². The predicted molar refractivity (Wildman–Crippen MR) is 130 cm³/mol. The Balaban J connectivity index is 1.57. The second-order valence-corrected chi connectivity index (χ2v) is 8.92. The van der Waals surface area contributed by atoms with Crippen molar-refractivity contribution in [3.63, 3.8) is 0 Å². The number of hydrogen-bond acceptors (Lipinski definition) is 0. The normalized spacial score (nSPS) is 11.3. The van der Waals surface area contributed by atoms with Gasteiger partial charge in [0.25, 0.3) is 5.82 Å². The molecule has 0 bridgehead atoms. The molecule has 0 N–H and O–H groups in total. The smallest absolute Gasteiger partial charge is 0.235 e. The summed E-state index contributed by atoms with van der Waals surface area (Å²) in [6.07, 6.45) is 25.2. The first-order valence-corrected chi connectivity index (χ1v) is 13.0. The summed E-state index contributed by atoms with van der Waals surface area (Å²) in [6, 6.07) is 10.9. The van der Waals surface area contributed by atoms with Crippen LogP contribution in [-0.2, 0) is 25.9 Å². The molecule has 0 amide bonds. The lowest BCUT2D eigenvalue weighted by Gasteiger charge is -2.06. The van der Waals surface area contributed by atoms with E-state index < -0.39 is 0 Å². The van der Waals surface area contributed by atoms with Crippen molar-refractivity contribution in [1.29, 1.82) is 0 Å². The molecular weight excluding hydrogens is 364 g/mol. The topological polar surface area (TPSA) is 8.81 Å². The Morgan fingerprint density at radius 2 is 1.27 bits per heavy atom. The molecule has 0 spiro atoms. The predicted octanol–water partition coefficient (Wildman–Crippen LogP) is 7.67. The molecule has 1 aromatic heterocycles. The summed E-state index contributed by atoms with van der Waals surface area (Å²) in [4.78, 5) is 0. The van der Waals surface area contributed by atoms with Gasteiger partial charge in [0.05, 0.1) is 13.1 Å². The van der Waals surface area contributed by atoms with Gasteiger partial charge >= 0.3 is 0 Å². The van der Waals surface area contributed by atoms with Crippen LogP contribution in [0.25, 0.3) is 0 Å². The molecule has 0 saturated heterocycles. The first-order chi connectivity index (χ1) is 14.8. The van der Waals surface area contributed by atoms with E-state index in [0.29, 0.717) is 0 Å². The summed E-state index contributed by atoms with van der Waals surface area (Å²) < 4.78 is 4.95. The van der Waals surface area contributed by atoms with Gasteiger partial charge in [0, 0.05) is 6.42 Å². The summed E-state index contributed by atoms with van der Waals surface area (Å²) in [5.41, 5.74) is 1.45. The molecule has 1 heterocycles. The molecule has 0 radical (unpaired) electrons. The molecule has 0 aliphatic rings. The highest BCUT2D eigenvalue weighted by Gasteiger charge is 2.15. The van der Waals surface area contributed by atoms with Crippen LogP contribution in [0.1, 0.15) is 109 Å². The fourth-order valence-corrected chi connectivity index (χ4v) is 4.50. The average molecular weight is 412 g/mol. The molecule has 30 heavy (non-hydrogen) atoms. The lowest BCUT2D eigenvalue weighted by atomic mass is 10.0. The number of imidazole rings is 1. The molecule has 0 aliphatic heterocycles. The van der Waals surface area contributed by atoms with Gasteiger partial charge in [0.15, 0.2) is 0 Å². The summed E-state index contributed by atoms with van der Waals surface area (Å²) in [7, 11) is 0. The molecule has 2 rings (SSSR count). The van der Waals surface area contributed by atoms with Crippen LogP contribution in [0.3, 0.4) is 0 Å². The highest BCUT2D eigenvalue weighted by atomic mass is 15.1. The van der Waals surface area contributed by atoms with E-state index in [1.807, 2.05) is 0 Å². The van der Waals surface area contributed by atoms with Gasteiger partial charge in [-0.2, -0.15) is 0 Å². The van der Waals surface area contributed by atoms with Crippen molar-refractivity contribution in [2.24, 2.45) is 0 Å². The van der Waals surface area contributed by atoms with Crippen molar-refractivity contribution in [3.8, 4) is 0 Å². The Morgan fingerprint density at radius 1 is 0.667 bits per heavy atom. The average Bonchev–Trinajstić information content (AvgIpc) is 3.17. The number of hydrogen-bond donors (Lipinski definition) is 0. The van der Waals surface area contributed by atoms with Gasteiger partial charge in [-0.3, -0.25) is 0 Å². The van der Waals surface area contributed by atoms with Crippen LogP contribution in [0, 0.1) is 0 Å². The Kier molecular flexibility index (Phi) is 13.3. The summed E-state index contributed by atoms with van der Waals surface area (Å²) in [5.74, 6) is 1.53. The number of nitrogens with zero attached hydrogens (tertiary/aromatic N) is 2. The van der Waals surface area contributed by atoms with Crippen LogP contribution in [0.2, 0.25) is 0 Å². The van der Waals surface area contributed by atoms with E-state index in [0.717, 1.165) is 13.1 Å². The fraction of sp³-hybridized carbons (Fsp3) is 0.679. The quantitative estimate of drug-likeness (QED) is 0.176. The molecule has 168 valence electrons. The van der Waals surface area contributed by atoms with Crippen molar-refractivity contribution < 1.29 is 4.57 Å². The van der Waals surface area contributed by atoms with E-state index in [-0.39, 0.29) is 0 Å². The van der Waals surface area contributed by atoms with Gasteiger partial charge in [-0.25, -0.2) is 9.13 Å². The third kappa shape index (κ3) is 9.96. The lowest BCUT2D eigenvalue weighted by molar-refractivity contribution is -0.704. The van der Waals surface area contributed by atoms with Gasteiger partial charge in [-0.1, -0.05) is 108 Å². The van der Waals surface area contributed by atoms with E-state index >= 15 is 0 Å². The van der Waals surface area contributed by atoms with Crippen LogP contribution >= 0.6 is 0 Å². The van der Waals surface area contributed by atoms with E-state index in [1.165, 1.54) is 108 Å². The number of rotatable bonds is 18. The second-order valence-electron chi connectivity index (χ2n) is 8.92. The molecule has 2 nitrogen and oxygen atoms in total. The van der Waals surface area contributed by atoms with Gasteiger partial charge in [0.1, 0.15) is 12.4 Å². The van der Waals surface area contributed by atoms with Crippen molar-refractivity contribution in [1.82, 2.24) is 4.57 Å². The van der Waals surface area contributed by atoms with Gasteiger partial charge in [-0.05, 0) is 31.7 Å². The van der Waals surface area contributed by atoms with Gasteiger partial charge < -0.3 is 0 Å². The third-order valence-corrected chi connectivity index (χ3v) is 6.39. The van der Waals surface area contributed by atoms with E-state index in [9.17, 15) is 0 Å². The zero-order valence-corrected chi connectivity index (χ0v) is 20.0. The molecule has 0 fully saturated rings. The zero-order chi connectivity index (χ0) is 21.3. The maximum atomic E-state index is 2.50. The minimum atomic E-state index is 1.08. The van der Waals surface area contributed by atoms with Crippen LogP contribution in [0.4, 0.5) is 0 Å². The molecule has 1 aromatic carbocycles. The molecule has 0 saturated carbocycles. The molecule has 0 aliphatic carbocycles. The fourth-order valence-electron chi connectivity index (χ4n) is 4.50. The van der Waals surface area contributed by atoms with Crippen molar-refractivity contribution in [3.05, 3.63) is 54.1 Å². The van der Waals surface area contributed by atoms with E-state index in [1.54, 1.807) is 0 Å². The highest BCUT2D eigenvalue weighted by molar-refractivity contribution is 5.14. The Labute approximate surface area is 186 Å². The first-order valence-electron chi connectivity index (χ1n) is 13.0. The van der Waals surface area contributed by atoms with E-state index in [2.05, 4.69) is 65.7 Å². The Hall–Kier alpha value is -1.57. The number of aryl methyl sites for hydroxylation is 3. The van der Waals surface area contributed by atoms with Crippen molar-refractivity contribution in [2.45, 2.75) is 123 Å². The molecule has 2 aromatic rings. The van der Waals surface area contributed by atoms with E-state index in [4.69, 9.17) is 0 Å². The lowest BCUT2D eigenvalue weighted by Crippen LogP contribution is -2.37. The number of unbranched alkanes of at least 4 members (excludes halogenated alkanes) is 11. The molecule has 0 atom stereocenters. The van der Waals surface area contributed by atoms with Crippen LogP contribution in [-0.4, -0.2) is 4.57 Å². The summed E-state index contributed by atoms with van der Waals surface area (Å²) in [6.45, 7) is 6.78. The largest absolute Gasteiger partial charge is 0.256 e. The minimum Gasteiger partial charge on any atom is -0.235 e. The molecular formula is C28H47N2+. The Morgan fingerprint density at radius 3 is 1.87 bits per heavy atom. The first kappa shape index (κ1) is 24.7. The standard InChI is InChI=1S/C28H47N2/c1-3-5-6-7-8-9-10-11-12-13-14-18-23-28-29(4-2)25-26-30(28)24-19-22-27-20-16-15-17-21-27/h15-17,20-21,25-26H,3-14,18-19,22-24H2,1-2H3/q+1. The molecule has 0 unspecified atom stereocenters. The maximum absolute atomic E-state index is 2.50. The Bertz CT molecular complexity index is 644. The maximum Gasteiger partial charge on any atom is 0.256 e. The van der Waals surface area contributed by atoms with Crippen LogP contribution in [0.5, 0.6) is 0 Å². The monoisotopic (exact) mass is 411 g/mol. The highest BCUT2D eigenvalue weighted by Crippen LogP contribution is 2.13. The summed E-state index contributed by atoms with van der Waals surface area (Å²) in [5, 5.41) is 0. The SMILES string of the molecule is CCCCCCCCCCCCCCc1n(CC)cc[n+]1CCCc1ccccc1. The van der Waals surface area contributed by atoms with Crippen molar-refractivity contribution in [2.75, 3.05) is 0 Å². The van der Waals surface area contributed by atoms with Gasteiger partial charge in [-0.15, -0.1) is 0 Å². The van der Waals surface area contributed by atoms with Crippen LogP contribution in [0.15, 0.2) is 42.7 Å². The number of benzene rings is 1. The molecule has 2 heteroatoms. The summed E-state index contributed by atoms with van der Waals surface area (Å²) >= 11 is 0. The van der Waals surface area contributed by atoms with Crippen LogP contribution < -0.4 is 4.57 Å². The zero-order valence-electron chi connectivity index (χ0n) is 20.0.